The van der Waals surface area contributed by atoms with E-state index in [1.165, 1.54) is 0 Å². The standard InChI is InChI=1S/C14H17N3O2/c18-14(19)8-2-1-5-9-15-13-10-16-17-12-7-4-3-6-11(12)13/h3-4,6-7,10H,1-2,5,8-9H2,(H,15,17)(H,18,19). The Hall–Kier alpha value is -2.17. The Bertz CT molecular complexity index is 552. The van der Waals surface area contributed by atoms with Gasteiger partial charge in [0.2, 0.25) is 0 Å². The Kier molecular flexibility index (Phi) is 4.66. The van der Waals surface area contributed by atoms with Gasteiger partial charge in [0.1, 0.15) is 0 Å². The molecular weight excluding hydrogens is 242 g/mol. The van der Waals surface area contributed by atoms with Gasteiger partial charge in [-0.3, -0.25) is 4.79 Å². The van der Waals surface area contributed by atoms with Gasteiger partial charge in [0, 0.05) is 18.4 Å². The van der Waals surface area contributed by atoms with Crippen LogP contribution in [0.15, 0.2) is 30.5 Å². The molecule has 0 bridgehead atoms. The Balaban J connectivity index is 1.83. The van der Waals surface area contributed by atoms with Crippen molar-refractivity contribution in [1.29, 1.82) is 0 Å². The number of carboxylic acids is 1. The number of carboxylic acid groups (broad SMARTS) is 1. The topological polar surface area (TPSA) is 75.1 Å². The van der Waals surface area contributed by atoms with Gasteiger partial charge in [0.15, 0.2) is 0 Å². The van der Waals surface area contributed by atoms with Crippen LogP contribution >= 0.6 is 0 Å². The minimum atomic E-state index is -0.725. The zero-order valence-corrected chi connectivity index (χ0v) is 10.7. The van der Waals surface area contributed by atoms with E-state index in [9.17, 15) is 4.79 Å². The molecule has 0 radical (unpaired) electrons. The summed E-state index contributed by atoms with van der Waals surface area (Å²) < 4.78 is 0. The van der Waals surface area contributed by atoms with Crippen LogP contribution in [0.4, 0.5) is 5.69 Å². The van der Waals surface area contributed by atoms with Crippen LogP contribution in [0.25, 0.3) is 10.9 Å². The highest BCUT2D eigenvalue weighted by molar-refractivity contribution is 5.90. The van der Waals surface area contributed by atoms with Crippen LogP contribution in [0.1, 0.15) is 25.7 Å². The number of hydrogen-bond donors (Lipinski definition) is 2. The number of aromatic nitrogens is 2. The van der Waals surface area contributed by atoms with Crippen molar-refractivity contribution in [2.75, 3.05) is 11.9 Å². The number of carbonyl (C=O) groups is 1. The van der Waals surface area contributed by atoms with Gasteiger partial charge < -0.3 is 10.4 Å². The summed E-state index contributed by atoms with van der Waals surface area (Å²) in [6.45, 7) is 0.815. The van der Waals surface area contributed by atoms with Crippen molar-refractivity contribution in [3.05, 3.63) is 30.5 Å². The average Bonchev–Trinajstić information content (AvgIpc) is 2.42. The van der Waals surface area contributed by atoms with E-state index in [1.807, 2.05) is 24.3 Å². The van der Waals surface area contributed by atoms with Gasteiger partial charge in [0.25, 0.3) is 0 Å². The summed E-state index contributed by atoms with van der Waals surface area (Å²) in [4.78, 5) is 10.4. The largest absolute Gasteiger partial charge is 0.481 e. The molecule has 0 fully saturated rings. The Labute approximate surface area is 111 Å². The summed E-state index contributed by atoms with van der Waals surface area (Å²) >= 11 is 0. The van der Waals surface area contributed by atoms with Crippen molar-refractivity contribution in [3.63, 3.8) is 0 Å². The van der Waals surface area contributed by atoms with Crippen molar-refractivity contribution < 1.29 is 9.90 Å². The van der Waals surface area contributed by atoms with Crippen molar-refractivity contribution in [1.82, 2.24) is 10.2 Å². The van der Waals surface area contributed by atoms with Crippen LogP contribution in [0.2, 0.25) is 0 Å². The quantitative estimate of drug-likeness (QED) is 0.748. The van der Waals surface area contributed by atoms with Gasteiger partial charge in [-0.05, 0) is 18.9 Å². The Morgan fingerprint density at radius 2 is 2.05 bits per heavy atom. The molecule has 0 saturated heterocycles. The smallest absolute Gasteiger partial charge is 0.303 e. The second kappa shape index (κ2) is 6.68. The lowest BCUT2D eigenvalue weighted by atomic mass is 10.2. The number of unbranched alkanes of at least 4 members (excludes halogenated alkanes) is 2. The van der Waals surface area contributed by atoms with Gasteiger partial charge in [-0.1, -0.05) is 24.6 Å². The summed E-state index contributed by atoms with van der Waals surface area (Å²) in [5, 5.41) is 20.9. The van der Waals surface area contributed by atoms with Crippen LogP contribution in [0, 0.1) is 0 Å². The summed E-state index contributed by atoms with van der Waals surface area (Å²) in [6, 6.07) is 7.85. The van der Waals surface area contributed by atoms with E-state index in [0.717, 1.165) is 42.4 Å². The van der Waals surface area contributed by atoms with Crippen molar-refractivity contribution >= 4 is 22.6 Å². The first-order chi connectivity index (χ1) is 9.27. The molecule has 0 atom stereocenters. The molecule has 5 nitrogen and oxygen atoms in total. The number of hydrogen-bond acceptors (Lipinski definition) is 4. The monoisotopic (exact) mass is 259 g/mol. The first-order valence-corrected chi connectivity index (χ1v) is 6.43. The third-order valence-electron chi connectivity index (χ3n) is 2.93. The molecule has 1 aromatic carbocycles. The highest BCUT2D eigenvalue weighted by Gasteiger charge is 2.01. The third kappa shape index (κ3) is 3.91. The highest BCUT2D eigenvalue weighted by atomic mass is 16.4. The zero-order chi connectivity index (χ0) is 13.5. The molecule has 1 heterocycles. The summed E-state index contributed by atoms with van der Waals surface area (Å²) in [5.41, 5.74) is 1.85. The molecule has 0 amide bonds. The van der Waals surface area contributed by atoms with E-state index < -0.39 is 5.97 Å². The first-order valence-electron chi connectivity index (χ1n) is 6.43. The predicted molar refractivity (Wildman–Crippen MR) is 74.1 cm³/mol. The van der Waals surface area contributed by atoms with E-state index in [4.69, 9.17) is 5.11 Å². The van der Waals surface area contributed by atoms with E-state index in [0.29, 0.717) is 0 Å². The molecule has 100 valence electrons. The lowest BCUT2D eigenvalue weighted by Crippen LogP contribution is -2.03. The van der Waals surface area contributed by atoms with Gasteiger partial charge in [-0.25, -0.2) is 0 Å². The van der Waals surface area contributed by atoms with Crippen molar-refractivity contribution in [2.45, 2.75) is 25.7 Å². The molecule has 0 spiro atoms. The molecule has 5 heteroatoms. The van der Waals surface area contributed by atoms with Gasteiger partial charge >= 0.3 is 5.97 Å². The lowest BCUT2D eigenvalue weighted by molar-refractivity contribution is -0.137. The molecule has 0 aliphatic heterocycles. The summed E-state index contributed by atoms with van der Waals surface area (Å²) in [7, 11) is 0. The summed E-state index contributed by atoms with van der Waals surface area (Å²) in [6.07, 6.45) is 4.56. The van der Waals surface area contributed by atoms with E-state index in [2.05, 4.69) is 15.5 Å². The van der Waals surface area contributed by atoms with E-state index >= 15 is 0 Å². The Morgan fingerprint density at radius 1 is 1.21 bits per heavy atom. The predicted octanol–water partition coefficient (Wildman–Crippen LogP) is 2.69. The first kappa shape index (κ1) is 13.3. The Morgan fingerprint density at radius 3 is 2.89 bits per heavy atom. The van der Waals surface area contributed by atoms with Crippen LogP contribution in [0.3, 0.4) is 0 Å². The number of aliphatic carboxylic acids is 1. The number of rotatable bonds is 7. The second-order valence-corrected chi connectivity index (χ2v) is 4.41. The molecule has 2 aromatic rings. The average molecular weight is 259 g/mol. The van der Waals surface area contributed by atoms with Crippen molar-refractivity contribution in [2.24, 2.45) is 0 Å². The third-order valence-corrected chi connectivity index (χ3v) is 2.93. The molecule has 0 saturated carbocycles. The highest BCUT2D eigenvalue weighted by Crippen LogP contribution is 2.19. The number of nitrogens with one attached hydrogen (secondary N) is 1. The molecule has 19 heavy (non-hydrogen) atoms. The number of benzene rings is 1. The second-order valence-electron chi connectivity index (χ2n) is 4.41. The summed E-state index contributed by atoms with van der Waals surface area (Å²) in [5.74, 6) is -0.725. The fourth-order valence-electron chi connectivity index (χ4n) is 1.95. The van der Waals surface area contributed by atoms with Gasteiger partial charge in [-0.15, -0.1) is 0 Å². The number of fused-ring (bicyclic) bond motifs is 1. The van der Waals surface area contributed by atoms with E-state index in [1.54, 1.807) is 6.20 Å². The molecule has 0 aliphatic carbocycles. The normalized spacial score (nSPS) is 10.5. The minimum Gasteiger partial charge on any atom is -0.481 e. The van der Waals surface area contributed by atoms with Crippen LogP contribution < -0.4 is 5.32 Å². The SMILES string of the molecule is O=C(O)CCCCCNc1cnnc2ccccc12. The molecule has 1 aromatic heterocycles. The molecule has 2 rings (SSSR count). The maximum Gasteiger partial charge on any atom is 0.303 e. The van der Waals surface area contributed by atoms with Crippen LogP contribution in [-0.2, 0) is 4.79 Å². The molecule has 2 N–H and O–H groups in total. The molecule has 0 aliphatic rings. The van der Waals surface area contributed by atoms with Crippen LogP contribution in [0.5, 0.6) is 0 Å². The minimum absolute atomic E-state index is 0.250. The maximum absolute atomic E-state index is 10.4. The number of anilines is 1. The lowest BCUT2D eigenvalue weighted by Gasteiger charge is -2.08. The number of nitrogens with zero attached hydrogens (tertiary/aromatic N) is 2. The van der Waals surface area contributed by atoms with E-state index in [-0.39, 0.29) is 6.42 Å². The maximum atomic E-state index is 10.4. The van der Waals surface area contributed by atoms with Crippen LogP contribution in [-0.4, -0.2) is 27.8 Å². The fourth-order valence-corrected chi connectivity index (χ4v) is 1.95. The zero-order valence-electron chi connectivity index (χ0n) is 10.7. The fraction of sp³-hybridized carbons (Fsp3) is 0.357. The van der Waals surface area contributed by atoms with Gasteiger partial charge in [0.05, 0.1) is 17.4 Å². The van der Waals surface area contributed by atoms with Gasteiger partial charge in [-0.2, -0.15) is 10.2 Å². The molecule has 0 unspecified atom stereocenters. The molecular formula is C14H17N3O2. The van der Waals surface area contributed by atoms with Crippen molar-refractivity contribution in [3.8, 4) is 0 Å².